The number of nitrogens with zero attached hydrogens (tertiary/aromatic N) is 4. The molecule has 0 unspecified atom stereocenters. The molecule has 0 saturated carbocycles. The quantitative estimate of drug-likeness (QED) is 0.695. The Balaban J connectivity index is 2.12. The molecule has 6 nitrogen and oxygen atoms in total. The number of pyridine rings is 1. The summed E-state index contributed by atoms with van der Waals surface area (Å²) in [5.74, 6) is 0.763. The number of rotatable bonds is 5. The van der Waals surface area contributed by atoms with Gasteiger partial charge in [-0.3, -0.25) is 4.79 Å². The molecular weight excluding hydrogens is 340 g/mol. The molecule has 3 aromatic rings. The average molecular weight is 362 g/mol. The number of benzene rings is 1. The van der Waals surface area contributed by atoms with Gasteiger partial charge < -0.3 is 9.30 Å². The normalized spacial score (nSPS) is 10.8. The highest BCUT2D eigenvalue weighted by Crippen LogP contribution is 2.30. The summed E-state index contributed by atoms with van der Waals surface area (Å²) in [4.78, 5) is 11.9. The van der Waals surface area contributed by atoms with Crippen molar-refractivity contribution in [3.63, 3.8) is 0 Å². The van der Waals surface area contributed by atoms with E-state index in [0.717, 1.165) is 22.4 Å². The molecule has 0 aliphatic carbocycles. The second-order valence-electron chi connectivity index (χ2n) is 6.61. The Morgan fingerprint density at radius 3 is 2.74 bits per heavy atom. The van der Waals surface area contributed by atoms with Gasteiger partial charge in [0.2, 0.25) is 0 Å². The lowest BCUT2D eigenvalue weighted by atomic mass is 9.96. The van der Waals surface area contributed by atoms with Gasteiger partial charge in [0.1, 0.15) is 11.8 Å². The zero-order valence-corrected chi connectivity index (χ0v) is 15.9. The third-order valence-corrected chi connectivity index (χ3v) is 4.44. The van der Waals surface area contributed by atoms with E-state index in [2.05, 4.69) is 25.0 Å². The second-order valence-corrected chi connectivity index (χ2v) is 6.61. The zero-order valence-electron chi connectivity index (χ0n) is 15.9. The maximum absolute atomic E-state index is 11.9. The monoisotopic (exact) mass is 362 g/mol. The molecule has 0 fully saturated rings. The van der Waals surface area contributed by atoms with E-state index in [1.165, 1.54) is 10.6 Å². The van der Waals surface area contributed by atoms with Gasteiger partial charge in [-0.1, -0.05) is 26.0 Å². The Kier molecular flexibility index (Phi) is 5.13. The highest BCUT2D eigenvalue weighted by atomic mass is 16.5. The van der Waals surface area contributed by atoms with Crippen LogP contribution in [0.4, 0.5) is 0 Å². The second kappa shape index (κ2) is 7.50. The van der Waals surface area contributed by atoms with Gasteiger partial charge in [-0.2, -0.15) is 10.4 Å². The molecule has 0 aliphatic heterocycles. The topological polar surface area (TPSA) is 72.8 Å². The van der Waals surface area contributed by atoms with Crippen LogP contribution in [0.5, 0.6) is 5.75 Å². The first-order valence-electron chi connectivity index (χ1n) is 8.88. The van der Waals surface area contributed by atoms with Crippen LogP contribution in [0.15, 0.2) is 47.7 Å². The van der Waals surface area contributed by atoms with Crippen molar-refractivity contribution >= 4 is 0 Å². The number of hydrogen-bond donors (Lipinski definition) is 0. The number of ether oxygens (including phenoxy) is 1. The van der Waals surface area contributed by atoms with Crippen molar-refractivity contribution in [2.75, 3.05) is 6.61 Å². The SMILES string of the molecule is CCOc1cc(=O)n(C)cc1-c1cnn(-c2cccc(C(C)C)c2C#N)c1. The van der Waals surface area contributed by atoms with Crippen LogP contribution in [0.2, 0.25) is 0 Å². The van der Waals surface area contributed by atoms with Gasteiger partial charge in [-0.25, -0.2) is 4.68 Å². The fraction of sp³-hybridized carbons (Fsp3) is 0.286. The van der Waals surface area contributed by atoms with Gasteiger partial charge in [0.25, 0.3) is 5.56 Å². The van der Waals surface area contributed by atoms with E-state index in [0.29, 0.717) is 17.9 Å². The minimum absolute atomic E-state index is 0.133. The van der Waals surface area contributed by atoms with Crippen LogP contribution in [-0.4, -0.2) is 21.0 Å². The highest BCUT2D eigenvalue weighted by Gasteiger charge is 2.15. The lowest BCUT2D eigenvalue weighted by molar-refractivity contribution is 0.340. The van der Waals surface area contributed by atoms with Crippen molar-refractivity contribution in [2.45, 2.75) is 26.7 Å². The van der Waals surface area contributed by atoms with Crippen LogP contribution in [0, 0.1) is 11.3 Å². The maximum atomic E-state index is 11.9. The summed E-state index contributed by atoms with van der Waals surface area (Å²) in [5, 5.41) is 14.1. The van der Waals surface area contributed by atoms with E-state index in [1.54, 1.807) is 24.1 Å². The Hall–Kier alpha value is -3.33. The van der Waals surface area contributed by atoms with Crippen LogP contribution in [0.1, 0.15) is 37.8 Å². The van der Waals surface area contributed by atoms with Crippen molar-refractivity contribution in [1.82, 2.24) is 14.3 Å². The van der Waals surface area contributed by atoms with Crippen molar-refractivity contribution in [2.24, 2.45) is 7.05 Å². The first kappa shape index (κ1) is 18.5. The number of aryl methyl sites for hydroxylation is 1. The van der Waals surface area contributed by atoms with Crippen LogP contribution < -0.4 is 10.3 Å². The standard InChI is InChI=1S/C21H22N4O2/c1-5-27-20-9-21(26)24(4)13-18(20)15-11-23-25(12-15)19-8-6-7-16(14(2)3)17(19)10-22/h6-9,11-14H,5H2,1-4H3. The first-order chi connectivity index (χ1) is 13.0. The van der Waals surface area contributed by atoms with Gasteiger partial charge in [0.05, 0.1) is 24.1 Å². The summed E-state index contributed by atoms with van der Waals surface area (Å²) < 4.78 is 8.84. The summed E-state index contributed by atoms with van der Waals surface area (Å²) in [6.07, 6.45) is 5.30. The van der Waals surface area contributed by atoms with E-state index >= 15 is 0 Å². The molecule has 0 amide bonds. The predicted molar refractivity (Wildman–Crippen MR) is 104 cm³/mol. The number of aromatic nitrogens is 3. The van der Waals surface area contributed by atoms with Crippen LogP contribution in [0.3, 0.4) is 0 Å². The minimum atomic E-state index is -0.133. The molecule has 0 radical (unpaired) electrons. The van der Waals surface area contributed by atoms with E-state index in [-0.39, 0.29) is 11.5 Å². The summed E-state index contributed by atoms with van der Waals surface area (Å²) in [6.45, 7) is 6.46. The van der Waals surface area contributed by atoms with Gasteiger partial charge in [-0.05, 0) is 24.5 Å². The van der Waals surface area contributed by atoms with E-state index in [1.807, 2.05) is 31.3 Å². The van der Waals surface area contributed by atoms with E-state index < -0.39 is 0 Å². The van der Waals surface area contributed by atoms with Gasteiger partial charge in [-0.15, -0.1) is 0 Å². The molecule has 0 N–H and O–H groups in total. The summed E-state index contributed by atoms with van der Waals surface area (Å²) in [7, 11) is 1.70. The fourth-order valence-corrected chi connectivity index (χ4v) is 3.05. The van der Waals surface area contributed by atoms with Gasteiger partial charge in [0.15, 0.2) is 0 Å². The lowest BCUT2D eigenvalue weighted by Gasteiger charge is -2.12. The van der Waals surface area contributed by atoms with Crippen molar-refractivity contribution in [3.05, 3.63) is 64.3 Å². The molecule has 3 rings (SSSR count). The smallest absolute Gasteiger partial charge is 0.254 e. The fourth-order valence-electron chi connectivity index (χ4n) is 3.05. The summed E-state index contributed by atoms with van der Waals surface area (Å²) >= 11 is 0. The molecular formula is C21H22N4O2. The molecule has 0 aliphatic rings. The third-order valence-electron chi connectivity index (χ3n) is 4.44. The molecule has 27 heavy (non-hydrogen) atoms. The van der Waals surface area contributed by atoms with Crippen molar-refractivity contribution < 1.29 is 4.74 Å². The van der Waals surface area contributed by atoms with Gasteiger partial charge in [0, 0.05) is 36.6 Å². The van der Waals surface area contributed by atoms with Gasteiger partial charge >= 0.3 is 0 Å². The Labute approximate surface area is 158 Å². The van der Waals surface area contributed by atoms with Crippen LogP contribution in [-0.2, 0) is 7.05 Å². The molecule has 2 aromatic heterocycles. The molecule has 138 valence electrons. The van der Waals surface area contributed by atoms with Crippen LogP contribution in [0.25, 0.3) is 16.8 Å². The van der Waals surface area contributed by atoms with E-state index in [4.69, 9.17) is 4.74 Å². The average Bonchev–Trinajstić information content (AvgIpc) is 3.13. The van der Waals surface area contributed by atoms with Crippen LogP contribution >= 0.6 is 0 Å². The molecule has 0 spiro atoms. The lowest BCUT2D eigenvalue weighted by Crippen LogP contribution is -2.15. The highest BCUT2D eigenvalue weighted by molar-refractivity contribution is 5.69. The molecule has 6 heteroatoms. The third kappa shape index (κ3) is 3.49. The first-order valence-corrected chi connectivity index (χ1v) is 8.88. The molecule has 0 atom stereocenters. The number of hydrogen-bond acceptors (Lipinski definition) is 4. The largest absolute Gasteiger partial charge is 0.493 e. The zero-order chi connectivity index (χ0) is 19.6. The Morgan fingerprint density at radius 2 is 2.07 bits per heavy atom. The predicted octanol–water partition coefficient (Wildman–Crippen LogP) is 3.63. The summed E-state index contributed by atoms with van der Waals surface area (Å²) in [6, 6.07) is 9.58. The molecule has 2 heterocycles. The maximum Gasteiger partial charge on any atom is 0.254 e. The Morgan fingerprint density at radius 1 is 1.30 bits per heavy atom. The Bertz CT molecular complexity index is 1070. The molecule has 0 saturated heterocycles. The molecule has 1 aromatic carbocycles. The summed E-state index contributed by atoms with van der Waals surface area (Å²) in [5.41, 5.74) is 3.80. The van der Waals surface area contributed by atoms with Crippen molar-refractivity contribution in [1.29, 1.82) is 5.26 Å². The number of nitriles is 1. The molecule has 0 bridgehead atoms. The van der Waals surface area contributed by atoms with E-state index in [9.17, 15) is 10.1 Å². The minimum Gasteiger partial charge on any atom is -0.493 e. The van der Waals surface area contributed by atoms with Crippen molar-refractivity contribution in [3.8, 4) is 28.6 Å².